The van der Waals surface area contributed by atoms with E-state index in [-0.39, 0.29) is 0 Å². The van der Waals surface area contributed by atoms with E-state index in [4.69, 9.17) is 13.9 Å². The lowest BCUT2D eigenvalue weighted by Gasteiger charge is -2.32. The van der Waals surface area contributed by atoms with Crippen molar-refractivity contribution in [2.75, 3.05) is 26.8 Å². The highest BCUT2D eigenvalue weighted by Crippen LogP contribution is 2.32. The quantitative estimate of drug-likeness (QED) is 0.849. The van der Waals surface area contributed by atoms with Gasteiger partial charge >= 0.3 is 0 Å². The van der Waals surface area contributed by atoms with Crippen LogP contribution in [0.2, 0.25) is 0 Å². The zero-order valence-electron chi connectivity index (χ0n) is 13.6. The van der Waals surface area contributed by atoms with Crippen molar-refractivity contribution in [2.24, 2.45) is 0 Å². The molecule has 0 bridgehead atoms. The summed E-state index contributed by atoms with van der Waals surface area (Å²) in [7, 11) is 1.71. The zero-order valence-corrected chi connectivity index (χ0v) is 13.6. The Morgan fingerprint density at radius 3 is 2.82 bits per heavy atom. The first-order valence-electron chi connectivity index (χ1n) is 7.96. The number of piperidine rings is 1. The van der Waals surface area contributed by atoms with Crippen molar-refractivity contribution < 1.29 is 13.9 Å². The fraction of sp³-hybridized carbons (Fsp3) is 0.588. The van der Waals surface area contributed by atoms with Gasteiger partial charge in [0.25, 0.3) is 0 Å². The summed E-state index contributed by atoms with van der Waals surface area (Å²) in [6, 6.07) is 2.05. The highest BCUT2D eigenvalue weighted by molar-refractivity contribution is 5.82. The van der Waals surface area contributed by atoms with E-state index in [1.54, 1.807) is 7.11 Å². The van der Waals surface area contributed by atoms with Crippen LogP contribution < -0.4 is 4.74 Å². The summed E-state index contributed by atoms with van der Waals surface area (Å²) < 4.78 is 16.9. The number of hydrogen-bond donors (Lipinski definition) is 0. The second-order valence-corrected chi connectivity index (χ2v) is 5.84. The molecule has 1 fully saturated rings. The van der Waals surface area contributed by atoms with Gasteiger partial charge in [0.15, 0.2) is 12.0 Å². The third-order valence-corrected chi connectivity index (χ3v) is 4.40. The standard InChI is InChI=1S/C17H24N2O3/c1-4-21-13-5-7-19(8-6-13)10-14-15(20-3)9-12(2)16-17(14)22-11-18-16/h9,11,13H,4-8,10H2,1-3H3. The molecule has 0 amide bonds. The molecule has 0 spiro atoms. The molecule has 22 heavy (non-hydrogen) atoms. The third kappa shape index (κ3) is 2.96. The minimum Gasteiger partial charge on any atom is -0.496 e. The van der Waals surface area contributed by atoms with Gasteiger partial charge in [0.05, 0.1) is 18.8 Å². The Bertz CT molecular complexity index is 630. The number of nitrogens with zero attached hydrogens (tertiary/aromatic N) is 2. The molecule has 0 unspecified atom stereocenters. The van der Waals surface area contributed by atoms with Gasteiger partial charge in [0, 0.05) is 26.2 Å². The Kier molecular flexibility index (Phi) is 4.64. The Morgan fingerprint density at radius 2 is 2.14 bits per heavy atom. The van der Waals surface area contributed by atoms with E-state index in [0.717, 1.165) is 67.1 Å². The number of rotatable bonds is 5. The van der Waals surface area contributed by atoms with Crippen LogP contribution in [0.5, 0.6) is 5.75 Å². The van der Waals surface area contributed by atoms with E-state index in [1.807, 2.05) is 13.0 Å². The van der Waals surface area contributed by atoms with Gasteiger partial charge in [-0.25, -0.2) is 4.98 Å². The van der Waals surface area contributed by atoms with Gasteiger partial charge in [-0.1, -0.05) is 0 Å². The fourth-order valence-electron chi connectivity index (χ4n) is 3.23. The number of likely N-dealkylation sites (tertiary alicyclic amines) is 1. The Morgan fingerprint density at radius 1 is 1.36 bits per heavy atom. The average Bonchev–Trinajstić information content (AvgIpc) is 3.02. The van der Waals surface area contributed by atoms with Gasteiger partial charge in [-0.15, -0.1) is 0 Å². The van der Waals surface area contributed by atoms with Gasteiger partial charge in [0.2, 0.25) is 0 Å². The first-order chi connectivity index (χ1) is 10.7. The van der Waals surface area contributed by atoms with Crippen molar-refractivity contribution in [1.29, 1.82) is 0 Å². The van der Waals surface area contributed by atoms with E-state index in [9.17, 15) is 0 Å². The molecule has 1 saturated heterocycles. The molecule has 120 valence electrons. The summed E-state index contributed by atoms with van der Waals surface area (Å²) in [5.41, 5.74) is 3.96. The zero-order chi connectivity index (χ0) is 15.5. The summed E-state index contributed by atoms with van der Waals surface area (Å²) >= 11 is 0. The normalized spacial score (nSPS) is 17.2. The molecular weight excluding hydrogens is 280 g/mol. The second kappa shape index (κ2) is 6.67. The molecule has 0 atom stereocenters. The number of aryl methyl sites for hydroxylation is 1. The Hall–Kier alpha value is -1.59. The maximum atomic E-state index is 5.72. The van der Waals surface area contributed by atoms with Crippen LogP contribution in [0.25, 0.3) is 11.1 Å². The van der Waals surface area contributed by atoms with Crippen LogP contribution in [0.4, 0.5) is 0 Å². The lowest BCUT2D eigenvalue weighted by atomic mass is 10.0. The molecule has 5 nitrogen and oxygen atoms in total. The summed E-state index contributed by atoms with van der Waals surface area (Å²) in [4.78, 5) is 6.76. The monoisotopic (exact) mass is 304 g/mol. The molecule has 2 aromatic rings. The number of hydrogen-bond acceptors (Lipinski definition) is 5. The van der Waals surface area contributed by atoms with Gasteiger partial charge in [-0.05, 0) is 38.3 Å². The van der Waals surface area contributed by atoms with E-state index < -0.39 is 0 Å². The number of aromatic nitrogens is 1. The minimum absolute atomic E-state index is 0.409. The van der Waals surface area contributed by atoms with Crippen LogP contribution in [0, 0.1) is 6.92 Å². The summed E-state index contributed by atoms with van der Waals surface area (Å²) in [5.74, 6) is 0.883. The highest BCUT2D eigenvalue weighted by atomic mass is 16.5. The summed E-state index contributed by atoms with van der Waals surface area (Å²) in [5, 5.41) is 0. The van der Waals surface area contributed by atoms with Crippen molar-refractivity contribution >= 4 is 11.1 Å². The molecule has 0 N–H and O–H groups in total. The predicted molar refractivity (Wildman–Crippen MR) is 85.2 cm³/mol. The largest absolute Gasteiger partial charge is 0.496 e. The van der Waals surface area contributed by atoms with Crippen molar-refractivity contribution in [3.63, 3.8) is 0 Å². The first kappa shape index (κ1) is 15.3. The third-order valence-electron chi connectivity index (χ3n) is 4.40. The Labute approximate surface area is 131 Å². The van der Waals surface area contributed by atoms with Crippen molar-refractivity contribution in [3.05, 3.63) is 23.6 Å². The summed E-state index contributed by atoms with van der Waals surface area (Å²) in [6.45, 7) is 7.80. The number of ether oxygens (including phenoxy) is 2. The van der Waals surface area contributed by atoms with Gasteiger partial charge in [0.1, 0.15) is 11.3 Å². The van der Waals surface area contributed by atoms with Gasteiger partial charge < -0.3 is 13.9 Å². The lowest BCUT2D eigenvalue weighted by molar-refractivity contribution is 0.0124. The predicted octanol–water partition coefficient (Wildman–Crippen LogP) is 3.15. The number of fused-ring (bicyclic) bond motifs is 1. The average molecular weight is 304 g/mol. The molecular formula is C17H24N2O3. The number of oxazole rings is 1. The maximum Gasteiger partial charge on any atom is 0.182 e. The highest BCUT2D eigenvalue weighted by Gasteiger charge is 2.22. The number of methoxy groups -OCH3 is 1. The van der Waals surface area contributed by atoms with Crippen LogP contribution in [0.15, 0.2) is 16.9 Å². The van der Waals surface area contributed by atoms with Gasteiger partial charge in [-0.3, -0.25) is 4.90 Å². The van der Waals surface area contributed by atoms with Crippen LogP contribution in [0.1, 0.15) is 30.9 Å². The van der Waals surface area contributed by atoms with E-state index in [0.29, 0.717) is 6.10 Å². The molecule has 1 aliphatic rings. The molecule has 0 saturated carbocycles. The van der Waals surface area contributed by atoms with Crippen molar-refractivity contribution in [3.8, 4) is 5.75 Å². The van der Waals surface area contributed by atoms with E-state index >= 15 is 0 Å². The molecule has 1 aromatic heterocycles. The van der Waals surface area contributed by atoms with E-state index in [2.05, 4.69) is 16.8 Å². The topological polar surface area (TPSA) is 47.7 Å². The SMILES string of the molecule is CCOC1CCN(Cc2c(OC)cc(C)c3ncoc23)CC1. The minimum atomic E-state index is 0.409. The van der Waals surface area contributed by atoms with Crippen LogP contribution >= 0.6 is 0 Å². The van der Waals surface area contributed by atoms with Crippen LogP contribution in [0.3, 0.4) is 0 Å². The summed E-state index contributed by atoms with van der Waals surface area (Å²) in [6.07, 6.45) is 4.09. The first-order valence-corrected chi connectivity index (χ1v) is 7.96. The smallest absolute Gasteiger partial charge is 0.182 e. The fourth-order valence-corrected chi connectivity index (χ4v) is 3.23. The molecule has 1 aliphatic heterocycles. The van der Waals surface area contributed by atoms with Crippen molar-refractivity contribution in [1.82, 2.24) is 9.88 Å². The molecule has 2 heterocycles. The lowest BCUT2D eigenvalue weighted by Crippen LogP contribution is -2.36. The maximum absolute atomic E-state index is 5.72. The number of benzene rings is 1. The van der Waals surface area contributed by atoms with E-state index in [1.165, 1.54) is 6.39 Å². The molecule has 0 aliphatic carbocycles. The van der Waals surface area contributed by atoms with Gasteiger partial charge in [-0.2, -0.15) is 0 Å². The Balaban J connectivity index is 1.79. The molecule has 3 rings (SSSR count). The molecule has 0 radical (unpaired) electrons. The molecule has 1 aromatic carbocycles. The van der Waals surface area contributed by atoms with Crippen LogP contribution in [-0.4, -0.2) is 42.8 Å². The van der Waals surface area contributed by atoms with Crippen molar-refractivity contribution in [2.45, 2.75) is 39.3 Å². The second-order valence-electron chi connectivity index (χ2n) is 5.84. The molecule has 5 heteroatoms. The van der Waals surface area contributed by atoms with Crippen LogP contribution in [-0.2, 0) is 11.3 Å².